The van der Waals surface area contributed by atoms with Crippen LogP contribution in [0, 0.1) is 11.8 Å². The highest BCUT2D eigenvalue weighted by molar-refractivity contribution is 5.78. The van der Waals surface area contributed by atoms with E-state index < -0.39 is 0 Å². The van der Waals surface area contributed by atoms with E-state index in [4.69, 9.17) is 14.2 Å². The molecule has 5 heteroatoms. The van der Waals surface area contributed by atoms with Gasteiger partial charge in [-0.3, -0.25) is 4.79 Å². The fourth-order valence-electron chi connectivity index (χ4n) is 5.47. The van der Waals surface area contributed by atoms with Crippen LogP contribution in [0.4, 0.5) is 0 Å². The van der Waals surface area contributed by atoms with E-state index in [1.807, 2.05) is 6.07 Å². The number of para-hydroxylation sites is 1. The molecule has 166 valence electrons. The number of Topliss-reactive ketones (excluding diaryl/α,β-unsaturated/α-hetero) is 1. The zero-order chi connectivity index (χ0) is 20.8. The number of piperidine rings is 1. The molecule has 2 heterocycles. The lowest BCUT2D eigenvalue weighted by atomic mass is 9.78. The molecule has 0 aromatic heterocycles. The molecule has 0 spiro atoms. The van der Waals surface area contributed by atoms with Gasteiger partial charge in [0.2, 0.25) is 6.79 Å². The SMILES string of the molecule is COCCC(=O)CC1CCC(CCN2CCC(c3cccc4c3OCO4)CC2)CC1. The molecule has 1 aromatic carbocycles. The lowest BCUT2D eigenvalue weighted by molar-refractivity contribution is -0.121. The zero-order valence-electron chi connectivity index (χ0n) is 18.4. The van der Waals surface area contributed by atoms with Gasteiger partial charge in [0.15, 0.2) is 11.5 Å². The van der Waals surface area contributed by atoms with Gasteiger partial charge in [-0.05, 0) is 75.6 Å². The van der Waals surface area contributed by atoms with Crippen LogP contribution in [0.5, 0.6) is 11.5 Å². The second-order valence-electron chi connectivity index (χ2n) is 9.36. The van der Waals surface area contributed by atoms with Gasteiger partial charge in [0.05, 0.1) is 6.61 Å². The van der Waals surface area contributed by atoms with E-state index in [0.717, 1.165) is 23.8 Å². The third-order valence-corrected chi connectivity index (χ3v) is 7.38. The van der Waals surface area contributed by atoms with E-state index in [-0.39, 0.29) is 0 Å². The number of benzene rings is 1. The van der Waals surface area contributed by atoms with Crippen molar-refractivity contribution in [3.05, 3.63) is 23.8 Å². The van der Waals surface area contributed by atoms with Crippen molar-refractivity contribution in [3.63, 3.8) is 0 Å². The molecule has 1 aliphatic carbocycles. The zero-order valence-corrected chi connectivity index (χ0v) is 18.4. The molecule has 30 heavy (non-hydrogen) atoms. The number of nitrogens with zero attached hydrogens (tertiary/aromatic N) is 1. The molecule has 1 saturated heterocycles. The van der Waals surface area contributed by atoms with E-state index in [9.17, 15) is 4.79 Å². The standard InChI is InChI=1S/C25H37NO4/c1-28-16-12-22(27)17-20-7-5-19(6-8-20)9-13-26-14-10-21(11-15-26)23-3-2-4-24-25(23)30-18-29-24/h2-4,19-21H,5-18H2,1H3. The van der Waals surface area contributed by atoms with Gasteiger partial charge in [-0.1, -0.05) is 25.0 Å². The summed E-state index contributed by atoms with van der Waals surface area (Å²) < 4.78 is 16.3. The van der Waals surface area contributed by atoms with E-state index in [2.05, 4.69) is 17.0 Å². The van der Waals surface area contributed by atoms with Gasteiger partial charge < -0.3 is 19.1 Å². The van der Waals surface area contributed by atoms with Crippen LogP contribution >= 0.6 is 0 Å². The van der Waals surface area contributed by atoms with Gasteiger partial charge >= 0.3 is 0 Å². The van der Waals surface area contributed by atoms with Crippen LogP contribution in [0.1, 0.15) is 69.3 Å². The number of rotatable bonds is 9. The van der Waals surface area contributed by atoms with E-state index >= 15 is 0 Å². The molecule has 0 unspecified atom stereocenters. The summed E-state index contributed by atoms with van der Waals surface area (Å²) in [5, 5.41) is 0. The van der Waals surface area contributed by atoms with E-state index in [0.29, 0.717) is 37.4 Å². The number of carbonyl (C=O) groups is 1. The molecule has 4 rings (SSSR count). The fraction of sp³-hybridized carbons (Fsp3) is 0.720. The number of carbonyl (C=O) groups excluding carboxylic acids is 1. The van der Waals surface area contributed by atoms with Crippen LogP contribution in [0.3, 0.4) is 0 Å². The third kappa shape index (κ3) is 5.55. The molecule has 0 atom stereocenters. The Hall–Kier alpha value is -1.59. The number of ether oxygens (including phenoxy) is 3. The van der Waals surface area contributed by atoms with E-state index in [1.165, 1.54) is 70.1 Å². The van der Waals surface area contributed by atoms with Crippen LogP contribution in [-0.4, -0.2) is 50.8 Å². The number of ketones is 1. The summed E-state index contributed by atoms with van der Waals surface area (Å²) in [6.45, 7) is 4.51. The van der Waals surface area contributed by atoms with Crippen molar-refractivity contribution < 1.29 is 19.0 Å². The average Bonchev–Trinajstić information content (AvgIpc) is 3.27. The first-order chi connectivity index (χ1) is 14.7. The first kappa shape index (κ1) is 21.6. The summed E-state index contributed by atoms with van der Waals surface area (Å²) in [4.78, 5) is 14.6. The van der Waals surface area contributed by atoms with Gasteiger partial charge in [-0.2, -0.15) is 0 Å². The Morgan fingerprint density at radius 3 is 2.60 bits per heavy atom. The van der Waals surface area contributed by atoms with Crippen LogP contribution in [0.15, 0.2) is 18.2 Å². The number of fused-ring (bicyclic) bond motifs is 1. The largest absolute Gasteiger partial charge is 0.454 e. The van der Waals surface area contributed by atoms with Crippen molar-refractivity contribution in [1.82, 2.24) is 4.90 Å². The fourth-order valence-corrected chi connectivity index (χ4v) is 5.47. The van der Waals surface area contributed by atoms with Crippen molar-refractivity contribution in [1.29, 1.82) is 0 Å². The predicted octanol–water partition coefficient (Wildman–Crippen LogP) is 4.79. The number of hydrogen-bond donors (Lipinski definition) is 0. The second kappa shape index (κ2) is 10.6. The Morgan fingerprint density at radius 1 is 1.07 bits per heavy atom. The van der Waals surface area contributed by atoms with Gasteiger partial charge in [-0.25, -0.2) is 0 Å². The topological polar surface area (TPSA) is 48.0 Å². The highest BCUT2D eigenvalue weighted by Crippen LogP contribution is 2.42. The van der Waals surface area contributed by atoms with Crippen molar-refractivity contribution in [2.45, 2.75) is 63.7 Å². The van der Waals surface area contributed by atoms with Crippen molar-refractivity contribution in [2.75, 3.05) is 40.1 Å². The number of likely N-dealkylation sites (tertiary alicyclic amines) is 1. The Balaban J connectivity index is 1.14. The summed E-state index contributed by atoms with van der Waals surface area (Å²) in [5.74, 6) is 4.31. The van der Waals surface area contributed by atoms with Crippen molar-refractivity contribution in [3.8, 4) is 11.5 Å². The predicted molar refractivity (Wildman–Crippen MR) is 117 cm³/mol. The molecule has 2 fully saturated rings. The Labute approximate surface area is 181 Å². The van der Waals surface area contributed by atoms with E-state index in [1.54, 1.807) is 7.11 Å². The molecule has 1 aromatic rings. The Morgan fingerprint density at radius 2 is 1.83 bits per heavy atom. The summed E-state index contributed by atoms with van der Waals surface area (Å²) >= 11 is 0. The lowest BCUT2D eigenvalue weighted by Gasteiger charge is -2.34. The minimum absolute atomic E-state index is 0.356. The number of hydrogen-bond acceptors (Lipinski definition) is 5. The molecular formula is C25H37NO4. The summed E-state index contributed by atoms with van der Waals surface area (Å²) in [6, 6.07) is 6.31. The number of methoxy groups -OCH3 is 1. The molecule has 0 amide bonds. The maximum absolute atomic E-state index is 12.0. The molecule has 5 nitrogen and oxygen atoms in total. The first-order valence-corrected chi connectivity index (χ1v) is 11.8. The summed E-state index contributed by atoms with van der Waals surface area (Å²) in [7, 11) is 1.66. The maximum atomic E-state index is 12.0. The van der Waals surface area contributed by atoms with Crippen LogP contribution < -0.4 is 9.47 Å². The quantitative estimate of drug-likeness (QED) is 0.580. The second-order valence-corrected chi connectivity index (χ2v) is 9.36. The van der Waals surface area contributed by atoms with Crippen molar-refractivity contribution >= 4 is 5.78 Å². The Bertz CT molecular complexity index is 690. The molecule has 0 N–H and O–H groups in total. The minimum atomic E-state index is 0.356. The Kier molecular flexibility index (Phi) is 7.67. The monoisotopic (exact) mass is 415 g/mol. The minimum Gasteiger partial charge on any atom is -0.454 e. The first-order valence-electron chi connectivity index (χ1n) is 11.8. The van der Waals surface area contributed by atoms with Crippen LogP contribution in [-0.2, 0) is 9.53 Å². The smallest absolute Gasteiger partial charge is 0.231 e. The molecule has 1 saturated carbocycles. The lowest BCUT2D eigenvalue weighted by Crippen LogP contribution is -2.34. The highest BCUT2D eigenvalue weighted by Gasteiger charge is 2.28. The third-order valence-electron chi connectivity index (χ3n) is 7.38. The molecule has 0 radical (unpaired) electrons. The molecule has 3 aliphatic rings. The normalized spacial score (nSPS) is 24.8. The van der Waals surface area contributed by atoms with Gasteiger partial charge in [0.1, 0.15) is 5.78 Å². The van der Waals surface area contributed by atoms with Crippen molar-refractivity contribution in [2.24, 2.45) is 11.8 Å². The maximum Gasteiger partial charge on any atom is 0.231 e. The molecular weight excluding hydrogens is 378 g/mol. The van der Waals surface area contributed by atoms with Gasteiger partial charge in [0.25, 0.3) is 0 Å². The van der Waals surface area contributed by atoms with Crippen LogP contribution in [0.2, 0.25) is 0 Å². The summed E-state index contributed by atoms with van der Waals surface area (Å²) in [6.07, 6.45) is 10.1. The molecule has 0 bridgehead atoms. The van der Waals surface area contributed by atoms with Crippen LogP contribution in [0.25, 0.3) is 0 Å². The summed E-state index contributed by atoms with van der Waals surface area (Å²) in [5.41, 5.74) is 1.34. The van der Waals surface area contributed by atoms with Gasteiger partial charge in [-0.15, -0.1) is 0 Å². The average molecular weight is 416 g/mol. The molecule has 2 aliphatic heterocycles. The van der Waals surface area contributed by atoms with Gasteiger partial charge in [0, 0.05) is 25.5 Å². The highest BCUT2D eigenvalue weighted by atomic mass is 16.7.